The van der Waals surface area contributed by atoms with Gasteiger partial charge >= 0.3 is 5.97 Å². The highest BCUT2D eigenvalue weighted by atomic mass is 16.5. The average molecular weight is 437 g/mol. The molecule has 6 nitrogen and oxygen atoms in total. The maximum Gasteiger partial charge on any atom is 0.337 e. The number of carbonyl (C=O) groups is 4. The number of ether oxygens (including phenoxy) is 1. The molecular formula is C27H19NO5. The van der Waals surface area contributed by atoms with Gasteiger partial charge in [0.25, 0.3) is 0 Å². The lowest BCUT2D eigenvalue weighted by molar-refractivity contribution is -0.128. The molecular weight excluding hydrogens is 418 g/mol. The second-order valence-electron chi connectivity index (χ2n) is 8.70. The number of imide groups is 1. The van der Waals surface area contributed by atoms with Crippen LogP contribution in [0, 0.1) is 11.8 Å². The summed E-state index contributed by atoms with van der Waals surface area (Å²) in [5, 5.41) is 0. The fourth-order valence-corrected chi connectivity index (χ4v) is 6.17. The molecule has 3 aliphatic carbocycles. The van der Waals surface area contributed by atoms with Gasteiger partial charge in [0.2, 0.25) is 11.8 Å². The molecule has 3 aromatic carbocycles. The monoisotopic (exact) mass is 437 g/mol. The average Bonchev–Trinajstić information content (AvgIpc) is 3.14. The first kappa shape index (κ1) is 19.6. The maximum absolute atomic E-state index is 13.9. The van der Waals surface area contributed by atoms with E-state index in [-0.39, 0.29) is 17.4 Å². The van der Waals surface area contributed by atoms with E-state index in [1.54, 1.807) is 18.2 Å². The first-order valence-corrected chi connectivity index (χ1v) is 10.8. The number of methoxy groups -OCH3 is 1. The van der Waals surface area contributed by atoms with Gasteiger partial charge in [0.05, 0.1) is 35.6 Å². The number of carbonyl (C=O) groups excluding carboxylic acids is 4. The number of amides is 2. The number of hydrogen-bond acceptors (Lipinski definition) is 5. The van der Waals surface area contributed by atoms with Gasteiger partial charge in [-0.3, -0.25) is 9.59 Å². The third-order valence-electron chi connectivity index (χ3n) is 7.40. The highest BCUT2D eigenvalue weighted by molar-refractivity contribution is 6.25. The lowest BCUT2D eigenvalue weighted by atomic mass is 9.48. The third kappa shape index (κ3) is 2.27. The van der Waals surface area contributed by atoms with Crippen LogP contribution in [0.2, 0.25) is 0 Å². The summed E-state index contributed by atoms with van der Waals surface area (Å²) in [5.41, 5.74) is 2.70. The van der Waals surface area contributed by atoms with E-state index in [0.717, 1.165) is 33.4 Å². The van der Waals surface area contributed by atoms with Crippen LogP contribution in [0.15, 0.2) is 72.8 Å². The van der Waals surface area contributed by atoms with Gasteiger partial charge in [0.15, 0.2) is 0 Å². The normalized spacial score (nSPS) is 26.5. The fourth-order valence-electron chi connectivity index (χ4n) is 6.17. The zero-order chi connectivity index (χ0) is 22.9. The van der Waals surface area contributed by atoms with E-state index in [9.17, 15) is 19.2 Å². The Hall–Kier alpha value is -4.06. The van der Waals surface area contributed by atoms with Crippen LogP contribution in [0.25, 0.3) is 0 Å². The molecule has 1 saturated heterocycles. The molecule has 0 N–H and O–H groups in total. The fraction of sp³-hybridized carbons (Fsp3) is 0.185. The molecule has 4 aliphatic rings. The summed E-state index contributed by atoms with van der Waals surface area (Å²) in [6.45, 7) is 0. The molecule has 1 fully saturated rings. The van der Waals surface area contributed by atoms with Gasteiger partial charge in [-0.15, -0.1) is 0 Å². The van der Waals surface area contributed by atoms with Crippen molar-refractivity contribution in [2.45, 2.75) is 11.3 Å². The summed E-state index contributed by atoms with van der Waals surface area (Å²) in [4.78, 5) is 53.9. The molecule has 0 aromatic heterocycles. The van der Waals surface area contributed by atoms with Crippen LogP contribution in [0.3, 0.4) is 0 Å². The summed E-state index contributed by atoms with van der Waals surface area (Å²) in [7, 11) is 1.27. The smallest absolute Gasteiger partial charge is 0.337 e. The molecule has 1 heterocycles. The summed E-state index contributed by atoms with van der Waals surface area (Å²) in [5.74, 6) is -3.21. The molecule has 2 unspecified atom stereocenters. The predicted octanol–water partition coefficient (Wildman–Crippen LogP) is 3.22. The van der Waals surface area contributed by atoms with Gasteiger partial charge in [-0.1, -0.05) is 54.6 Å². The van der Waals surface area contributed by atoms with E-state index >= 15 is 0 Å². The van der Waals surface area contributed by atoms with Crippen LogP contribution in [0.4, 0.5) is 5.69 Å². The van der Waals surface area contributed by atoms with E-state index in [1.807, 2.05) is 48.5 Å². The Morgan fingerprint density at radius 3 is 2.15 bits per heavy atom. The first-order valence-electron chi connectivity index (χ1n) is 10.8. The van der Waals surface area contributed by atoms with Crippen LogP contribution in [0.1, 0.15) is 38.5 Å². The minimum atomic E-state index is -1.24. The van der Waals surface area contributed by atoms with Gasteiger partial charge in [-0.2, -0.15) is 0 Å². The third-order valence-corrected chi connectivity index (χ3v) is 7.40. The van der Waals surface area contributed by atoms with Crippen molar-refractivity contribution in [3.8, 4) is 0 Å². The van der Waals surface area contributed by atoms with Gasteiger partial charge in [0, 0.05) is 5.92 Å². The molecule has 0 saturated carbocycles. The van der Waals surface area contributed by atoms with Crippen LogP contribution < -0.4 is 4.90 Å². The summed E-state index contributed by atoms with van der Waals surface area (Å²) < 4.78 is 4.79. The quantitative estimate of drug-likeness (QED) is 0.357. The van der Waals surface area contributed by atoms with Crippen molar-refractivity contribution >= 4 is 29.8 Å². The van der Waals surface area contributed by atoms with Crippen LogP contribution >= 0.6 is 0 Å². The molecule has 3 aromatic rings. The molecule has 6 heteroatoms. The molecule has 33 heavy (non-hydrogen) atoms. The van der Waals surface area contributed by atoms with Crippen molar-refractivity contribution < 1.29 is 23.9 Å². The Morgan fingerprint density at radius 1 is 0.909 bits per heavy atom. The molecule has 2 atom stereocenters. The Morgan fingerprint density at radius 2 is 1.55 bits per heavy atom. The van der Waals surface area contributed by atoms with Crippen molar-refractivity contribution in [1.29, 1.82) is 0 Å². The first-order chi connectivity index (χ1) is 16.0. The number of hydrogen-bond donors (Lipinski definition) is 0. The number of benzene rings is 3. The summed E-state index contributed by atoms with van der Waals surface area (Å²) >= 11 is 0. The Bertz CT molecular complexity index is 1330. The maximum atomic E-state index is 13.9. The largest absolute Gasteiger partial charge is 0.465 e. The van der Waals surface area contributed by atoms with Crippen LogP contribution in [-0.2, 0) is 24.5 Å². The predicted molar refractivity (Wildman–Crippen MR) is 119 cm³/mol. The van der Waals surface area contributed by atoms with E-state index in [0.29, 0.717) is 5.69 Å². The topological polar surface area (TPSA) is 80.8 Å². The van der Waals surface area contributed by atoms with Crippen molar-refractivity contribution in [2.75, 3.05) is 12.0 Å². The molecule has 0 spiro atoms. The number of nitrogens with zero attached hydrogens (tertiary/aromatic N) is 1. The molecule has 7 rings (SSSR count). The molecule has 2 bridgehead atoms. The lowest BCUT2D eigenvalue weighted by Crippen LogP contribution is -2.54. The van der Waals surface area contributed by atoms with Gasteiger partial charge in [-0.25, -0.2) is 9.69 Å². The summed E-state index contributed by atoms with van der Waals surface area (Å²) in [6, 6.07) is 21.5. The van der Waals surface area contributed by atoms with Crippen molar-refractivity contribution in [3.63, 3.8) is 0 Å². The number of esters is 1. The standard InChI is InChI=1S/C27H19NO5/c1-33-26(32)15-7-6-8-16(13-15)28-24(30)22-21-17-9-2-4-11-19(17)27(14-29,23(22)25(28)31)20-12-5-3-10-18(20)21/h2-14,21-23H,1H3. The van der Waals surface area contributed by atoms with E-state index < -0.39 is 29.1 Å². The van der Waals surface area contributed by atoms with Gasteiger partial charge in [-0.05, 0) is 40.5 Å². The Labute approximate surface area is 189 Å². The van der Waals surface area contributed by atoms with Crippen LogP contribution in [-0.4, -0.2) is 31.2 Å². The zero-order valence-electron chi connectivity index (χ0n) is 17.7. The van der Waals surface area contributed by atoms with E-state index in [4.69, 9.17) is 4.74 Å². The summed E-state index contributed by atoms with van der Waals surface area (Å²) in [6.07, 6.45) is 0.845. The second kappa shape index (κ2) is 6.72. The van der Waals surface area contributed by atoms with Crippen molar-refractivity contribution in [2.24, 2.45) is 11.8 Å². The lowest BCUT2D eigenvalue weighted by Gasteiger charge is -2.51. The highest BCUT2D eigenvalue weighted by Crippen LogP contribution is 2.63. The minimum Gasteiger partial charge on any atom is -0.465 e. The second-order valence-corrected chi connectivity index (χ2v) is 8.70. The van der Waals surface area contributed by atoms with Gasteiger partial charge < -0.3 is 9.53 Å². The highest BCUT2D eigenvalue weighted by Gasteiger charge is 2.68. The molecule has 0 radical (unpaired) electrons. The number of rotatable bonds is 3. The van der Waals surface area contributed by atoms with Crippen molar-refractivity contribution in [3.05, 3.63) is 101 Å². The number of aldehydes is 1. The zero-order valence-corrected chi connectivity index (χ0v) is 17.7. The van der Waals surface area contributed by atoms with Gasteiger partial charge in [0.1, 0.15) is 6.29 Å². The molecule has 1 aliphatic heterocycles. The van der Waals surface area contributed by atoms with E-state index in [1.165, 1.54) is 13.2 Å². The van der Waals surface area contributed by atoms with E-state index in [2.05, 4.69) is 0 Å². The Balaban J connectivity index is 1.58. The Kier molecular flexibility index (Phi) is 3.99. The SMILES string of the molecule is COC(=O)c1cccc(N2C(=O)C3C4c5ccccc5C(C=O)(c5ccccc54)C3C2=O)c1. The minimum absolute atomic E-state index is 0.241. The number of anilines is 1. The van der Waals surface area contributed by atoms with Crippen LogP contribution in [0.5, 0.6) is 0 Å². The molecule has 2 amide bonds. The van der Waals surface area contributed by atoms with Crippen molar-refractivity contribution in [1.82, 2.24) is 0 Å². The molecule has 162 valence electrons.